The van der Waals surface area contributed by atoms with E-state index in [0.29, 0.717) is 17.1 Å². The Morgan fingerprint density at radius 2 is 2.08 bits per heavy atom. The standard InChI is InChI=1S/C7H7ClINO.ClH/c8-5-1-4(3-10)7(11)6(9)2-5;/h1-2,11H,3,10H2;1H. The second-order valence-electron chi connectivity index (χ2n) is 2.10. The van der Waals surface area contributed by atoms with E-state index in [0.717, 1.165) is 3.57 Å². The quantitative estimate of drug-likeness (QED) is 0.781. The predicted octanol–water partition coefficient (Wildman–Crippen LogP) is 2.53. The highest BCUT2D eigenvalue weighted by Crippen LogP contribution is 2.27. The Labute approximate surface area is 95.6 Å². The summed E-state index contributed by atoms with van der Waals surface area (Å²) in [5, 5.41) is 9.98. The Morgan fingerprint density at radius 1 is 1.50 bits per heavy atom. The lowest BCUT2D eigenvalue weighted by Gasteiger charge is -2.03. The van der Waals surface area contributed by atoms with Crippen molar-refractivity contribution < 1.29 is 5.11 Å². The van der Waals surface area contributed by atoms with Crippen molar-refractivity contribution in [2.24, 2.45) is 5.73 Å². The van der Waals surface area contributed by atoms with Crippen molar-refractivity contribution in [3.8, 4) is 5.75 Å². The van der Waals surface area contributed by atoms with Gasteiger partial charge in [0, 0.05) is 17.1 Å². The fraction of sp³-hybridized carbons (Fsp3) is 0.143. The first kappa shape index (κ1) is 12.3. The third-order valence-corrected chi connectivity index (χ3v) is 2.37. The zero-order valence-corrected chi connectivity index (χ0v) is 9.78. The molecule has 0 aliphatic rings. The average Bonchev–Trinajstić information content (AvgIpc) is 1.96. The first-order chi connectivity index (χ1) is 5.15. The molecule has 1 rings (SSSR count). The molecule has 0 saturated heterocycles. The normalized spacial score (nSPS) is 9.25. The Balaban J connectivity index is 0.00000121. The van der Waals surface area contributed by atoms with Gasteiger partial charge in [0.15, 0.2) is 0 Å². The average molecular weight is 320 g/mol. The molecule has 3 N–H and O–H groups in total. The number of halogens is 3. The van der Waals surface area contributed by atoms with Crippen molar-refractivity contribution >= 4 is 46.6 Å². The van der Waals surface area contributed by atoms with E-state index in [1.54, 1.807) is 12.1 Å². The minimum Gasteiger partial charge on any atom is -0.507 e. The highest BCUT2D eigenvalue weighted by Gasteiger charge is 2.04. The summed E-state index contributed by atoms with van der Waals surface area (Å²) in [5.74, 6) is 0.234. The summed E-state index contributed by atoms with van der Waals surface area (Å²) in [6.07, 6.45) is 0. The molecule has 5 heteroatoms. The van der Waals surface area contributed by atoms with Crippen LogP contribution in [0.4, 0.5) is 0 Å². The molecule has 0 heterocycles. The SMILES string of the molecule is Cl.NCc1cc(Cl)cc(I)c1O. The number of hydrogen-bond acceptors (Lipinski definition) is 2. The fourth-order valence-electron chi connectivity index (χ4n) is 0.775. The topological polar surface area (TPSA) is 46.2 Å². The van der Waals surface area contributed by atoms with Crippen molar-refractivity contribution in [1.82, 2.24) is 0 Å². The molecule has 0 amide bonds. The van der Waals surface area contributed by atoms with Gasteiger partial charge in [0.2, 0.25) is 0 Å². The first-order valence-corrected chi connectivity index (χ1v) is 4.47. The molecule has 12 heavy (non-hydrogen) atoms. The number of benzene rings is 1. The van der Waals surface area contributed by atoms with Gasteiger partial charge in [0.05, 0.1) is 3.57 Å². The molecular weight excluding hydrogens is 312 g/mol. The van der Waals surface area contributed by atoms with E-state index < -0.39 is 0 Å². The van der Waals surface area contributed by atoms with E-state index >= 15 is 0 Å². The molecule has 1 aromatic carbocycles. The van der Waals surface area contributed by atoms with Crippen molar-refractivity contribution in [2.45, 2.75) is 6.54 Å². The highest BCUT2D eigenvalue weighted by atomic mass is 127. The lowest BCUT2D eigenvalue weighted by atomic mass is 10.2. The van der Waals surface area contributed by atoms with Crippen LogP contribution < -0.4 is 5.73 Å². The van der Waals surface area contributed by atoms with Gasteiger partial charge in [-0.1, -0.05) is 11.6 Å². The Morgan fingerprint density at radius 3 is 2.58 bits per heavy atom. The lowest BCUT2D eigenvalue weighted by molar-refractivity contribution is 0.464. The van der Waals surface area contributed by atoms with E-state index in [1.165, 1.54) is 0 Å². The zero-order chi connectivity index (χ0) is 8.43. The molecule has 0 aliphatic carbocycles. The molecule has 0 atom stereocenters. The Bertz CT molecular complexity index is 280. The number of aromatic hydroxyl groups is 1. The van der Waals surface area contributed by atoms with Gasteiger partial charge in [-0.05, 0) is 34.7 Å². The van der Waals surface area contributed by atoms with E-state index in [1.807, 2.05) is 22.6 Å². The number of phenolic OH excluding ortho intramolecular Hbond substituents is 1. The Kier molecular flexibility index (Phi) is 5.24. The minimum atomic E-state index is 0. The maximum absolute atomic E-state index is 9.38. The van der Waals surface area contributed by atoms with Crippen LogP contribution in [0, 0.1) is 3.57 Å². The van der Waals surface area contributed by atoms with Crippen LogP contribution in [0.15, 0.2) is 12.1 Å². The maximum atomic E-state index is 9.38. The van der Waals surface area contributed by atoms with Gasteiger partial charge in [-0.3, -0.25) is 0 Å². The first-order valence-electron chi connectivity index (χ1n) is 3.02. The third-order valence-electron chi connectivity index (χ3n) is 1.33. The summed E-state index contributed by atoms with van der Waals surface area (Å²) in [6, 6.07) is 3.36. The van der Waals surface area contributed by atoms with Crippen LogP contribution in [0.3, 0.4) is 0 Å². The second kappa shape index (κ2) is 5.11. The van der Waals surface area contributed by atoms with E-state index in [9.17, 15) is 5.11 Å². The second-order valence-corrected chi connectivity index (χ2v) is 3.70. The monoisotopic (exact) mass is 319 g/mol. The van der Waals surface area contributed by atoms with Crippen LogP contribution in [0.25, 0.3) is 0 Å². The summed E-state index contributed by atoms with van der Waals surface area (Å²) >= 11 is 7.74. The summed E-state index contributed by atoms with van der Waals surface area (Å²) in [5.41, 5.74) is 6.05. The smallest absolute Gasteiger partial charge is 0.133 e. The van der Waals surface area contributed by atoms with Crippen LogP contribution in [-0.4, -0.2) is 5.11 Å². The fourth-order valence-corrected chi connectivity index (χ4v) is 1.88. The molecule has 0 aromatic heterocycles. The van der Waals surface area contributed by atoms with Gasteiger partial charge in [0.25, 0.3) is 0 Å². The summed E-state index contributed by atoms with van der Waals surface area (Å²) in [4.78, 5) is 0. The van der Waals surface area contributed by atoms with E-state index in [4.69, 9.17) is 17.3 Å². The number of hydrogen-bond donors (Lipinski definition) is 2. The molecule has 2 nitrogen and oxygen atoms in total. The van der Waals surface area contributed by atoms with Crippen LogP contribution in [-0.2, 0) is 6.54 Å². The molecule has 0 fully saturated rings. The molecule has 0 radical (unpaired) electrons. The molecule has 68 valence electrons. The van der Waals surface area contributed by atoms with Crippen molar-refractivity contribution in [2.75, 3.05) is 0 Å². The molecule has 0 saturated carbocycles. The van der Waals surface area contributed by atoms with Crippen LogP contribution in [0.5, 0.6) is 5.75 Å². The minimum absolute atomic E-state index is 0. The van der Waals surface area contributed by atoms with Gasteiger partial charge in [-0.15, -0.1) is 12.4 Å². The van der Waals surface area contributed by atoms with E-state index in [2.05, 4.69) is 0 Å². The summed E-state index contributed by atoms with van der Waals surface area (Å²) in [6.45, 7) is 0.308. The largest absolute Gasteiger partial charge is 0.507 e. The van der Waals surface area contributed by atoms with Crippen LogP contribution in [0.2, 0.25) is 5.02 Å². The number of phenols is 1. The predicted molar refractivity (Wildman–Crippen MR) is 61.0 cm³/mol. The zero-order valence-electron chi connectivity index (χ0n) is 6.05. The van der Waals surface area contributed by atoms with Gasteiger partial charge in [0.1, 0.15) is 5.75 Å². The third kappa shape index (κ3) is 2.65. The van der Waals surface area contributed by atoms with Crippen LogP contribution >= 0.6 is 46.6 Å². The summed E-state index contributed by atoms with van der Waals surface area (Å²) < 4.78 is 0.732. The van der Waals surface area contributed by atoms with Gasteiger partial charge >= 0.3 is 0 Å². The molecule has 0 aliphatic heterocycles. The lowest BCUT2D eigenvalue weighted by Crippen LogP contribution is -1.97. The van der Waals surface area contributed by atoms with E-state index in [-0.39, 0.29) is 18.2 Å². The van der Waals surface area contributed by atoms with Gasteiger partial charge in [-0.2, -0.15) is 0 Å². The van der Waals surface area contributed by atoms with Crippen molar-refractivity contribution in [1.29, 1.82) is 0 Å². The number of nitrogens with two attached hydrogens (primary N) is 1. The molecule has 0 bridgehead atoms. The van der Waals surface area contributed by atoms with Gasteiger partial charge in [-0.25, -0.2) is 0 Å². The maximum Gasteiger partial charge on any atom is 0.133 e. The van der Waals surface area contributed by atoms with Crippen molar-refractivity contribution in [3.05, 3.63) is 26.3 Å². The molecular formula is C7H8Cl2INO. The van der Waals surface area contributed by atoms with Gasteiger partial charge < -0.3 is 10.8 Å². The van der Waals surface area contributed by atoms with Crippen molar-refractivity contribution in [3.63, 3.8) is 0 Å². The highest BCUT2D eigenvalue weighted by molar-refractivity contribution is 14.1. The molecule has 0 spiro atoms. The number of rotatable bonds is 1. The molecule has 0 unspecified atom stereocenters. The van der Waals surface area contributed by atoms with Crippen LogP contribution in [0.1, 0.15) is 5.56 Å². The summed E-state index contributed by atoms with van der Waals surface area (Å²) in [7, 11) is 0. The molecule has 1 aromatic rings. The Hall–Kier alpha value is 0.290.